The lowest BCUT2D eigenvalue weighted by atomic mass is 10.1. The molecule has 0 aliphatic heterocycles. The summed E-state index contributed by atoms with van der Waals surface area (Å²) in [6.45, 7) is 2.46. The third-order valence-corrected chi connectivity index (χ3v) is 4.01. The molecule has 0 fully saturated rings. The first-order valence-electron chi connectivity index (χ1n) is 9.80. The highest BCUT2D eigenvalue weighted by Gasteiger charge is 1.96. The Balaban J connectivity index is 1.56. The molecule has 0 radical (unpaired) electrons. The van der Waals surface area contributed by atoms with Gasteiger partial charge in [-0.15, -0.1) is 0 Å². The summed E-state index contributed by atoms with van der Waals surface area (Å²) in [5.74, 6) is 0.811. The second-order valence-corrected chi connectivity index (χ2v) is 6.15. The lowest BCUT2D eigenvalue weighted by molar-refractivity contribution is 0.00750. The predicted octanol–water partition coefficient (Wildman–Crippen LogP) is 4.30. The van der Waals surface area contributed by atoms with Crippen LogP contribution in [0.4, 0.5) is 10.1 Å². The van der Waals surface area contributed by atoms with E-state index in [1.807, 2.05) is 43.4 Å². The van der Waals surface area contributed by atoms with E-state index in [1.54, 1.807) is 0 Å². The summed E-state index contributed by atoms with van der Waals surface area (Å²) in [7, 11) is 1.91. The highest BCUT2D eigenvalue weighted by molar-refractivity contribution is 5.70. The summed E-state index contributed by atoms with van der Waals surface area (Å²) in [6, 6.07) is 16.2. The Hall–Kier alpha value is -2.41. The normalized spacial score (nSPS) is 11.1. The van der Waals surface area contributed by atoms with Gasteiger partial charge in [0.25, 0.3) is 0 Å². The van der Waals surface area contributed by atoms with Crippen LogP contribution in [0, 0.1) is 0 Å². The lowest BCUT2D eigenvalue weighted by Crippen LogP contribution is -2.13. The molecule has 0 aromatic heterocycles. The molecule has 6 heteroatoms. The molecule has 0 aliphatic carbocycles. The van der Waals surface area contributed by atoms with Crippen molar-refractivity contribution < 1.29 is 23.3 Å². The van der Waals surface area contributed by atoms with Crippen LogP contribution in [-0.4, -0.2) is 60.0 Å². The van der Waals surface area contributed by atoms with Gasteiger partial charge in [0, 0.05) is 12.7 Å². The minimum absolute atomic E-state index is 0.124. The minimum Gasteiger partial charge on any atom is -0.491 e. The van der Waals surface area contributed by atoms with E-state index in [0.29, 0.717) is 39.6 Å². The first kappa shape index (κ1) is 22.9. The van der Waals surface area contributed by atoms with Gasteiger partial charge in [0.05, 0.1) is 39.6 Å². The summed E-state index contributed by atoms with van der Waals surface area (Å²) < 4.78 is 33.2. The first-order chi connectivity index (χ1) is 14.3. The van der Waals surface area contributed by atoms with Gasteiger partial charge in [-0.05, 0) is 35.4 Å². The molecule has 0 unspecified atom stereocenters. The summed E-state index contributed by atoms with van der Waals surface area (Å²) in [5.41, 5.74) is 3.36. The number of nitrogens with one attached hydrogen (secondary N) is 1. The largest absolute Gasteiger partial charge is 0.491 e. The number of halogens is 1. The van der Waals surface area contributed by atoms with Crippen LogP contribution < -0.4 is 10.1 Å². The molecule has 29 heavy (non-hydrogen) atoms. The van der Waals surface area contributed by atoms with Gasteiger partial charge in [-0.25, -0.2) is 4.39 Å². The number of rotatable bonds is 15. The van der Waals surface area contributed by atoms with E-state index < -0.39 is 6.67 Å². The van der Waals surface area contributed by atoms with Crippen molar-refractivity contribution in [2.45, 2.75) is 0 Å². The Morgan fingerprint density at radius 3 is 1.69 bits per heavy atom. The third-order valence-electron chi connectivity index (χ3n) is 4.01. The maximum absolute atomic E-state index is 11.8. The van der Waals surface area contributed by atoms with Crippen molar-refractivity contribution in [2.75, 3.05) is 65.3 Å². The Morgan fingerprint density at radius 1 is 0.690 bits per heavy atom. The van der Waals surface area contributed by atoms with Crippen molar-refractivity contribution in [3.8, 4) is 5.75 Å². The average molecular weight is 403 g/mol. The van der Waals surface area contributed by atoms with Crippen LogP contribution in [0.25, 0.3) is 12.2 Å². The van der Waals surface area contributed by atoms with Crippen molar-refractivity contribution in [1.29, 1.82) is 0 Å². The van der Waals surface area contributed by atoms with Gasteiger partial charge in [0.1, 0.15) is 19.0 Å². The molecule has 2 rings (SSSR count). The molecule has 2 aromatic rings. The fraction of sp³-hybridized carbons (Fsp3) is 0.391. The molecule has 0 spiro atoms. The Kier molecular flexibility index (Phi) is 11.5. The molecule has 2 aromatic carbocycles. The predicted molar refractivity (Wildman–Crippen MR) is 115 cm³/mol. The van der Waals surface area contributed by atoms with Crippen LogP contribution in [0.2, 0.25) is 0 Å². The number of hydrogen-bond acceptors (Lipinski definition) is 5. The summed E-state index contributed by atoms with van der Waals surface area (Å²) in [5, 5.41) is 3.11. The Morgan fingerprint density at radius 2 is 1.17 bits per heavy atom. The van der Waals surface area contributed by atoms with E-state index in [0.717, 1.165) is 22.6 Å². The van der Waals surface area contributed by atoms with E-state index in [9.17, 15) is 4.39 Å². The number of alkyl halides is 1. The highest BCUT2D eigenvalue weighted by atomic mass is 19.1. The van der Waals surface area contributed by atoms with Gasteiger partial charge in [-0.2, -0.15) is 0 Å². The van der Waals surface area contributed by atoms with Crippen molar-refractivity contribution in [3.05, 3.63) is 59.7 Å². The first-order valence-corrected chi connectivity index (χ1v) is 9.80. The molecular weight excluding hydrogens is 373 g/mol. The van der Waals surface area contributed by atoms with Crippen LogP contribution in [0.3, 0.4) is 0 Å². The molecule has 158 valence electrons. The molecule has 5 nitrogen and oxygen atoms in total. The summed E-state index contributed by atoms with van der Waals surface area (Å²) >= 11 is 0. The van der Waals surface area contributed by atoms with E-state index in [1.165, 1.54) is 0 Å². The van der Waals surface area contributed by atoms with Gasteiger partial charge in [-0.1, -0.05) is 36.4 Å². The maximum atomic E-state index is 11.8. The number of benzene rings is 2. The molecule has 1 N–H and O–H groups in total. The molecular formula is C23H30FNO4. The standard InChI is InChI=1S/C23H30FNO4/c1-25-22-8-4-20(5-9-22)2-3-21-6-10-23(11-7-21)29-19-18-28-17-16-27-15-14-26-13-12-24/h2-11,25H,12-19H2,1H3. The zero-order chi connectivity index (χ0) is 20.6. The molecule has 0 heterocycles. The average Bonchev–Trinajstić information content (AvgIpc) is 2.77. The third kappa shape index (κ3) is 10.1. The van der Waals surface area contributed by atoms with E-state index >= 15 is 0 Å². The van der Waals surface area contributed by atoms with Gasteiger partial charge in [-0.3, -0.25) is 0 Å². The zero-order valence-electron chi connectivity index (χ0n) is 16.9. The monoisotopic (exact) mass is 403 g/mol. The smallest absolute Gasteiger partial charge is 0.119 e. The van der Waals surface area contributed by atoms with Crippen LogP contribution in [0.15, 0.2) is 48.5 Å². The van der Waals surface area contributed by atoms with E-state index in [4.69, 9.17) is 18.9 Å². The van der Waals surface area contributed by atoms with Crippen molar-refractivity contribution >= 4 is 17.8 Å². The lowest BCUT2D eigenvalue weighted by Gasteiger charge is -2.08. The fourth-order valence-electron chi connectivity index (χ4n) is 2.44. The molecule has 0 atom stereocenters. The number of anilines is 1. The Labute approximate surface area is 172 Å². The highest BCUT2D eigenvalue weighted by Crippen LogP contribution is 2.15. The topological polar surface area (TPSA) is 49.0 Å². The van der Waals surface area contributed by atoms with E-state index in [2.05, 4.69) is 29.6 Å². The summed E-state index contributed by atoms with van der Waals surface area (Å²) in [4.78, 5) is 0. The van der Waals surface area contributed by atoms with Crippen LogP contribution >= 0.6 is 0 Å². The molecule has 0 aliphatic rings. The van der Waals surface area contributed by atoms with Gasteiger partial charge in [0.2, 0.25) is 0 Å². The van der Waals surface area contributed by atoms with E-state index in [-0.39, 0.29) is 6.61 Å². The maximum Gasteiger partial charge on any atom is 0.119 e. The fourth-order valence-corrected chi connectivity index (χ4v) is 2.44. The van der Waals surface area contributed by atoms with Crippen LogP contribution in [-0.2, 0) is 14.2 Å². The van der Waals surface area contributed by atoms with Gasteiger partial charge in [0.15, 0.2) is 0 Å². The van der Waals surface area contributed by atoms with Crippen molar-refractivity contribution in [3.63, 3.8) is 0 Å². The van der Waals surface area contributed by atoms with Crippen molar-refractivity contribution in [1.82, 2.24) is 0 Å². The molecule has 0 amide bonds. The molecule has 0 saturated heterocycles. The second-order valence-electron chi connectivity index (χ2n) is 6.15. The summed E-state index contributed by atoms with van der Waals surface area (Å²) in [6.07, 6.45) is 4.16. The van der Waals surface area contributed by atoms with Crippen LogP contribution in [0.1, 0.15) is 11.1 Å². The molecule has 0 saturated carbocycles. The van der Waals surface area contributed by atoms with Gasteiger partial charge < -0.3 is 24.3 Å². The number of hydrogen-bond donors (Lipinski definition) is 1. The Bertz CT molecular complexity index is 689. The van der Waals surface area contributed by atoms with Crippen LogP contribution in [0.5, 0.6) is 5.75 Å². The minimum atomic E-state index is -0.464. The quantitative estimate of drug-likeness (QED) is 0.355. The van der Waals surface area contributed by atoms with Crippen molar-refractivity contribution in [2.24, 2.45) is 0 Å². The zero-order valence-corrected chi connectivity index (χ0v) is 16.9. The number of ether oxygens (including phenoxy) is 4. The van der Waals surface area contributed by atoms with Gasteiger partial charge >= 0.3 is 0 Å². The second kappa shape index (κ2) is 14.6. The SMILES string of the molecule is CNc1ccc(C=Cc2ccc(OCCOCCOCCOCCF)cc2)cc1. The molecule has 0 bridgehead atoms.